The van der Waals surface area contributed by atoms with Crippen LogP contribution in [0.3, 0.4) is 0 Å². The topological polar surface area (TPSA) is 144 Å². The molecule has 0 spiro atoms. The number of hydrogen-bond donors (Lipinski definition) is 2. The number of carbonyl (C=O) groups excluding carboxylic acids is 2. The number of nitrogens with one attached hydrogen (secondary N) is 2. The van der Waals surface area contributed by atoms with Crippen LogP contribution in [0.5, 0.6) is 0 Å². The van der Waals surface area contributed by atoms with Crippen molar-refractivity contribution in [3.8, 4) is 0 Å². The Morgan fingerprint density at radius 1 is 1.12 bits per heavy atom. The van der Waals surface area contributed by atoms with Crippen LogP contribution in [-0.4, -0.2) is 34.2 Å². The number of nitro benzene ring substituents is 2. The predicted octanol–water partition coefficient (Wildman–Crippen LogP) is 1.54. The third-order valence-electron chi connectivity index (χ3n) is 3.16. The first-order valence-electron chi connectivity index (χ1n) is 7.28. The normalized spacial score (nSPS) is 11.4. The molecule has 2 N–H and O–H groups in total. The molecule has 0 aliphatic carbocycles. The average molecular weight is 338 g/mol. The second kappa shape index (κ2) is 8.56. The van der Waals surface area contributed by atoms with Gasteiger partial charge in [0.05, 0.1) is 21.5 Å². The fraction of sp³-hybridized carbons (Fsp3) is 0.429. The predicted molar refractivity (Wildman–Crippen MR) is 84.6 cm³/mol. The van der Waals surface area contributed by atoms with E-state index in [1.165, 1.54) is 6.92 Å². The lowest BCUT2D eigenvalue weighted by molar-refractivity contribution is -0.394. The van der Waals surface area contributed by atoms with Crippen molar-refractivity contribution in [2.45, 2.75) is 32.7 Å². The Morgan fingerprint density at radius 2 is 1.67 bits per heavy atom. The molecule has 2 amide bonds. The minimum Gasteiger partial charge on any atom is -0.354 e. The molecule has 1 aromatic rings. The Kier molecular flexibility index (Phi) is 6.78. The SMILES string of the molecule is CCCCNC(=O)[C@H](C)NC(=O)c1cc([N+](=O)[O-])cc([N+](=O)[O-])c1. The highest BCUT2D eigenvalue weighted by molar-refractivity contribution is 5.98. The van der Waals surface area contributed by atoms with Gasteiger partial charge >= 0.3 is 0 Å². The van der Waals surface area contributed by atoms with Gasteiger partial charge in [-0.05, 0) is 13.3 Å². The highest BCUT2D eigenvalue weighted by Crippen LogP contribution is 2.22. The van der Waals surface area contributed by atoms with Crippen molar-refractivity contribution in [1.29, 1.82) is 0 Å². The van der Waals surface area contributed by atoms with E-state index in [2.05, 4.69) is 10.6 Å². The molecule has 10 nitrogen and oxygen atoms in total. The van der Waals surface area contributed by atoms with Crippen LogP contribution >= 0.6 is 0 Å². The number of carbonyl (C=O) groups is 2. The highest BCUT2D eigenvalue weighted by atomic mass is 16.6. The van der Waals surface area contributed by atoms with Crippen molar-refractivity contribution in [2.24, 2.45) is 0 Å². The minimum absolute atomic E-state index is 0.260. The molecule has 10 heteroatoms. The monoisotopic (exact) mass is 338 g/mol. The van der Waals surface area contributed by atoms with Gasteiger partial charge in [-0.15, -0.1) is 0 Å². The van der Waals surface area contributed by atoms with Crippen LogP contribution in [0.25, 0.3) is 0 Å². The Balaban J connectivity index is 2.88. The fourth-order valence-corrected chi connectivity index (χ4v) is 1.82. The molecule has 130 valence electrons. The zero-order valence-electron chi connectivity index (χ0n) is 13.3. The van der Waals surface area contributed by atoms with Crippen LogP contribution in [0.1, 0.15) is 37.0 Å². The van der Waals surface area contributed by atoms with Gasteiger partial charge in [-0.3, -0.25) is 29.8 Å². The molecule has 0 fully saturated rings. The standard InChI is InChI=1S/C14H18N4O6/c1-3-4-5-15-13(19)9(2)16-14(20)10-6-11(17(21)22)8-12(7-10)18(23)24/h6-9H,3-5H2,1-2H3,(H,15,19)(H,16,20)/t9-/m0/s1. The summed E-state index contributed by atoms with van der Waals surface area (Å²) in [5.74, 6) is -1.21. The maximum Gasteiger partial charge on any atom is 0.277 e. The molecule has 1 rings (SSSR count). The van der Waals surface area contributed by atoms with E-state index in [0.29, 0.717) is 6.54 Å². The summed E-state index contributed by atoms with van der Waals surface area (Å²) in [5, 5.41) is 26.6. The first kappa shape index (κ1) is 19.0. The summed E-state index contributed by atoms with van der Waals surface area (Å²) in [4.78, 5) is 43.9. The van der Waals surface area contributed by atoms with E-state index in [4.69, 9.17) is 0 Å². The van der Waals surface area contributed by atoms with Crippen molar-refractivity contribution in [2.75, 3.05) is 6.54 Å². The van der Waals surface area contributed by atoms with Gasteiger partial charge in [0.1, 0.15) is 6.04 Å². The molecule has 0 aliphatic rings. The Labute approximate surface area is 137 Å². The average Bonchev–Trinajstić information content (AvgIpc) is 2.54. The number of amides is 2. The molecule has 0 aromatic heterocycles. The Bertz CT molecular complexity index is 628. The van der Waals surface area contributed by atoms with Crippen LogP contribution < -0.4 is 10.6 Å². The number of nitrogens with zero attached hydrogens (tertiary/aromatic N) is 2. The number of benzene rings is 1. The maximum atomic E-state index is 12.1. The van der Waals surface area contributed by atoms with Gasteiger partial charge in [0, 0.05) is 18.7 Å². The Hall–Kier alpha value is -3.04. The van der Waals surface area contributed by atoms with E-state index in [-0.39, 0.29) is 5.56 Å². The molecular weight excluding hydrogens is 320 g/mol. The molecule has 1 atom stereocenters. The van der Waals surface area contributed by atoms with Gasteiger partial charge in [0.15, 0.2) is 0 Å². The van der Waals surface area contributed by atoms with E-state index < -0.39 is 39.1 Å². The van der Waals surface area contributed by atoms with Gasteiger partial charge in [-0.2, -0.15) is 0 Å². The van der Waals surface area contributed by atoms with Crippen LogP contribution in [0, 0.1) is 20.2 Å². The summed E-state index contributed by atoms with van der Waals surface area (Å²) in [6.07, 6.45) is 1.70. The summed E-state index contributed by atoms with van der Waals surface area (Å²) >= 11 is 0. The summed E-state index contributed by atoms with van der Waals surface area (Å²) in [6.45, 7) is 3.88. The molecule has 0 saturated heterocycles. The first-order chi connectivity index (χ1) is 11.3. The van der Waals surface area contributed by atoms with Crippen LogP contribution in [0.15, 0.2) is 18.2 Å². The van der Waals surface area contributed by atoms with Crippen molar-refractivity contribution < 1.29 is 19.4 Å². The quantitative estimate of drug-likeness (QED) is 0.418. The van der Waals surface area contributed by atoms with Gasteiger partial charge in [0.25, 0.3) is 17.3 Å². The van der Waals surface area contributed by atoms with Crippen molar-refractivity contribution >= 4 is 23.2 Å². The van der Waals surface area contributed by atoms with Crippen LogP contribution in [-0.2, 0) is 4.79 Å². The minimum atomic E-state index is -0.882. The molecule has 0 unspecified atom stereocenters. The van der Waals surface area contributed by atoms with E-state index >= 15 is 0 Å². The number of unbranched alkanes of at least 4 members (excludes halogenated alkanes) is 1. The Morgan fingerprint density at radius 3 is 2.12 bits per heavy atom. The number of non-ortho nitro benzene ring substituents is 2. The summed E-state index contributed by atoms with van der Waals surface area (Å²) in [6, 6.07) is 1.72. The zero-order valence-corrected chi connectivity index (χ0v) is 13.3. The fourth-order valence-electron chi connectivity index (χ4n) is 1.82. The third-order valence-corrected chi connectivity index (χ3v) is 3.16. The van der Waals surface area contributed by atoms with Gasteiger partial charge in [-0.1, -0.05) is 13.3 Å². The van der Waals surface area contributed by atoms with Crippen LogP contribution in [0.4, 0.5) is 11.4 Å². The summed E-state index contributed by atoms with van der Waals surface area (Å²) in [7, 11) is 0. The summed E-state index contributed by atoms with van der Waals surface area (Å²) in [5.41, 5.74) is -1.41. The second-order valence-corrected chi connectivity index (χ2v) is 5.09. The van der Waals surface area contributed by atoms with E-state index in [9.17, 15) is 29.8 Å². The first-order valence-corrected chi connectivity index (χ1v) is 7.28. The molecule has 0 aliphatic heterocycles. The lowest BCUT2D eigenvalue weighted by Gasteiger charge is -2.14. The molecule has 0 bridgehead atoms. The zero-order chi connectivity index (χ0) is 18.3. The molecule has 0 saturated carbocycles. The third kappa shape index (κ3) is 5.30. The van der Waals surface area contributed by atoms with Crippen molar-refractivity contribution in [1.82, 2.24) is 10.6 Å². The van der Waals surface area contributed by atoms with Gasteiger partial charge in [0.2, 0.25) is 5.91 Å². The number of nitro groups is 2. The smallest absolute Gasteiger partial charge is 0.277 e. The van der Waals surface area contributed by atoms with Crippen molar-refractivity contribution in [3.05, 3.63) is 44.0 Å². The molecular formula is C14H18N4O6. The number of hydrogen-bond acceptors (Lipinski definition) is 6. The van der Waals surface area contributed by atoms with E-state index in [1.54, 1.807) is 0 Å². The lowest BCUT2D eigenvalue weighted by Crippen LogP contribution is -2.45. The maximum absolute atomic E-state index is 12.1. The summed E-state index contributed by atoms with van der Waals surface area (Å²) < 4.78 is 0. The largest absolute Gasteiger partial charge is 0.354 e. The van der Waals surface area contributed by atoms with Crippen LogP contribution in [0.2, 0.25) is 0 Å². The highest BCUT2D eigenvalue weighted by Gasteiger charge is 2.22. The van der Waals surface area contributed by atoms with E-state index in [1.807, 2.05) is 6.92 Å². The molecule has 1 aromatic carbocycles. The van der Waals surface area contributed by atoms with Gasteiger partial charge < -0.3 is 10.6 Å². The molecule has 0 radical (unpaired) electrons. The van der Waals surface area contributed by atoms with Gasteiger partial charge in [-0.25, -0.2) is 0 Å². The van der Waals surface area contributed by atoms with Crippen molar-refractivity contribution in [3.63, 3.8) is 0 Å². The molecule has 0 heterocycles. The lowest BCUT2D eigenvalue weighted by atomic mass is 10.1. The molecule has 24 heavy (non-hydrogen) atoms. The number of rotatable bonds is 8. The van der Waals surface area contributed by atoms with E-state index in [0.717, 1.165) is 31.0 Å². The second-order valence-electron chi connectivity index (χ2n) is 5.09.